The molecule has 2 aromatic heterocycles. The number of hydrogen-bond donors (Lipinski definition) is 0. The van der Waals surface area contributed by atoms with Crippen molar-refractivity contribution in [2.75, 3.05) is 16.5 Å². The highest BCUT2D eigenvalue weighted by Gasteiger charge is 2.31. The van der Waals surface area contributed by atoms with Crippen molar-refractivity contribution in [1.29, 1.82) is 0 Å². The maximum Gasteiger partial charge on any atom is 0.215 e. The molecule has 1 aliphatic heterocycles. The molecule has 11 rings (SSSR count). The summed E-state index contributed by atoms with van der Waals surface area (Å²) in [5, 5.41) is 1.96. The largest absolute Gasteiger partial charge is 0.457 e. The third kappa shape index (κ3) is 5.45. The second-order valence-corrected chi connectivity index (χ2v) is 14.3. The number of aromatic nitrogens is 3. The molecule has 8 aromatic carbocycles. The summed E-state index contributed by atoms with van der Waals surface area (Å²) < 4.78 is 35.6. The van der Waals surface area contributed by atoms with Gasteiger partial charge < -0.3 is 19.1 Å². The van der Waals surface area contributed by atoms with E-state index in [-0.39, 0.29) is 0 Å². The van der Waals surface area contributed by atoms with Gasteiger partial charge in [0, 0.05) is 50.8 Å². The second kappa shape index (κ2) is 13.3. The van der Waals surface area contributed by atoms with Crippen LogP contribution in [0.4, 0.5) is 22.7 Å². The fourth-order valence-electron chi connectivity index (χ4n) is 8.41. The van der Waals surface area contributed by atoms with Gasteiger partial charge in [-0.15, -0.1) is 0 Å². The van der Waals surface area contributed by atoms with Crippen molar-refractivity contribution >= 4 is 55.6 Å². The van der Waals surface area contributed by atoms with Crippen LogP contribution in [0.5, 0.6) is 11.5 Å². The molecule has 0 unspecified atom stereocenters. The Morgan fingerprint density at radius 3 is 1.88 bits per heavy atom. The standard InChI is InChI=1S/C51H37N5O/c1-53-46-27-11-9-25-44(46)52-51(53)56-45-26-10-8-22-42(45)43-31-30-39(33-49(43)56)57-38-21-14-20-37(32-38)54-34-55(48-29-13-12-28-47(48)54)50-40(35-16-4-2-5-17-35)23-15-24-41(50)36-18-6-3-7-19-36/h2-33H,34H2,1H3/i1D3. The summed E-state index contributed by atoms with van der Waals surface area (Å²) in [4.78, 5) is 9.65. The Balaban J connectivity index is 0.993. The molecule has 0 amide bonds. The van der Waals surface area contributed by atoms with Gasteiger partial charge in [-0.05, 0) is 65.7 Å². The highest BCUT2D eigenvalue weighted by Crippen LogP contribution is 2.50. The van der Waals surface area contributed by atoms with Crippen LogP contribution in [0.1, 0.15) is 4.11 Å². The molecule has 0 saturated heterocycles. The Morgan fingerprint density at radius 1 is 0.509 bits per heavy atom. The summed E-state index contributed by atoms with van der Waals surface area (Å²) in [5.74, 6) is 1.62. The number of para-hydroxylation sites is 6. The molecule has 3 heterocycles. The lowest BCUT2D eigenvalue weighted by Gasteiger charge is -2.27. The zero-order chi connectivity index (χ0) is 40.4. The third-order valence-corrected chi connectivity index (χ3v) is 11.0. The van der Waals surface area contributed by atoms with Gasteiger partial charge in [0.1, 0.15) is 18.2 Å². The van der Waals surface area contributed by atoms with Gasteiger partial charge in [-0.1, -0.05) is 127 Å². The zero-order valence-electron chi connectivity index (χ0n) is 33.8. The summed E-state index contributed by atoms with van der Waals surface area (Å²) in [6.45, 7) is -1.88. The number of anilines is 4. The van der Waals surface area contributed by atoms with Crippen LogP contribution in [0.3, 0.4) is 0 Å². The van der Waals surface area contributed by atoms with Crippen LogP contribution in [0.25, 0.3) is 61.0 Å². The van der Waals surface area contributed by atoms with Crippen molar-refractivity contribution in [3.63, 3.8) is 0 Å². The predicted octanol–water partition coefficient (Wildman–Crippen LogP) is 13.0. The number of aryl methyl sites for hydroxylation is 1. The number of imidazole rings is 1. The van der Waals surface area contributed by atoms with E-state index in [1.165, 1.54) is 4.57 Å². The lowest BCUT2D eigenvalue weighted by molar-refractivity contribution is 0.483. The third-order valence-electron chi connectivity index (χ3n) is 11.0. The van der Waals surface area contributed by atoms with Crippen LogP contribution in [0, 0.1) is 0 Å². The van der Waals surface area contributed by atoms with Crippen molar-refractivity contribution in [2.45, 2.75) is 0 Å². The van der Waals surface area contributed by atoms with Crippen molar-refractivity contribution < 1.29 is 8.85 Å². The zero-order valence-corrected chi connectivity index (χ0v) is 30.8. The molecule has 0 atom stereocenters. The van der Waals surface area contributed by atoms with E-state index in [1.54, 1.807) is 6.07 Å². The molecular weight excluding hydrogens is 699 g/mol. The average Bonchev–Trinajstić information content (AvgIpc) is 3.97. The van der Waals surface area contributed by atoms with E-state index in [0.29, 0.717) is 35.1 Å². The van der Waals surface area contributed by atoms with E-state index in [9.17, 15) is 0 Å². The summed E-state index contributed by atoms with van der Waals surface area (Å²) in [5.41, 5.74) is 11.8. The Morgan fingerprint density at radius 2 is 1.12 bits per heavy atom. The van der Waals surface area contributed by atoms with E-state index in [1.807, 2.05) is 71.3 Å². The number of benzene rings is 8. The van der Waals surface area contributed by atoms with Crippen LogP contribution in [0.2, 0.25) is 0 Å². The smallest absolute Gasteiger partial charge is 0.215 e. The van der Waals surface area contributed by atoms with E-state index in [4.69, 9.17) is 13.8 Å². The van der Waals surface area contributed by atoms with Gasteiger partial charge in [0.25, 0.3) is 0 Å². The molecule has 1 aliphatic rings. The van der Waals surface area contributed by atoms with Gasteiger partial charge >= 0.3 is 0 Å². The molecule has 57 heavy (non-hydrogen) atoms. The molecule has 10 aromatic rings. The van der Waals surface area contributed by atoms with Crippen LogP contribution in [0.15, 0.2) is 194 Å². The summed E-state index contributed by atoms with van der Waals surface area (Å²) in [6.07, 6.45) is 0. The summed E-state index contributed by atoms with van der Waals surface area (Å²) in [7, 11) is 0. The lowest BCUT2D eigenvalue weighted by atomic mass is 9.95. The summed E-state index contributed by atoms with van der Waals surface area (Å²) in [6, 6.07) is 65.9. The normalized spacial score (nSPS) is 13.5. The van der Waals surface area contributed by atoms with Gasteiger partial charge in [0.2, 0.25) is 5.95 Å². The molecule has 0 fully saturated rings. The van der Waals surface area contributed by atoms with Crippen LogP contribution in [-0.2, 0) is 6.98 Å². The minimum absolute atomic E-state index is 0.322. The first kappa shape index (κ1) is 29.7. The Labute approximate surface area is 334 Å². The van der Waals surface area contributed by atoms with E-state index in [2.05, 4.69) is 131 Å². The van der Waals surface area contributed by atoms with Gasteiger partial charge in [-0.3, -0.25) is 4.57 Å². The van der Waals surface area contributed by atoms with Gasteiger partial charge in [-0.25, -0.2) is 4.98 Å². The van der Waals surface area contributed by atoms with Crippen molar-refractivity contribution in [1.82, 2.24) is 14.1 Å². The topological polar surface area (TPSA) is 38.5 Å². The van der Waals surface area contributed by atoms with Crippen LogP contribution in [-0.4, -0.2) is 20.8 Å². The summed E-state index contributed by atoms with van der Waals surface area (Å²) >= 11 is 0. The first-order chi connectivity index (χ1) is 29.4. The molecule has 6 heteroatoms. The molecule has 272 valence electrons. The monoisotopic (exact) mass is 738 g/mol. The number of ether oxygens (including phenoxy) is 1. The first-order valence-corrected chi connectivity index (χ1v) is 19.1. The highest BCUT2D eigenvalue weighted by molar-refractivity contribution is 6.09. The minimum atomic E-state index is -2.46. The molecule has 0 radical (unpaired) electrons. The Hall–Kier alpha value is -7.57. The molecule has 0 aliphatic carbocycles. The quantitative estimate of drug-likeness (QED) is 0.163. The number of nitrogens with zero attached hydrogens (tertiary/aromatic N) is 5. The van der Waals surface area contributed by atoms with Crippen LogP contribution < -0.4 is 14.5 Å². The molecule has 0 N–H and O–H groups in total. The molecule has 0 saturated carbocycles. The average molecular weight is 739 g/mol. The lowest BCUT2D eigenvalue weighted by Crippen LogP contribution is -2.24. The fraction of sp³-hybridized carbons (Fsp3) is 0.0392. The highest BCUT2D eigenvalue weighted by atomic mass is 16.5. The van der Waals surface area contributed by atoms with E-state index in [0.717, 1.165) is 66.8 Å². The van der Waals surface area contributed by atoms with E-state index >= 15 is 0 Å². The van der Waals surface area contributed by atoms with Crippen molar-refractivity contribution in [2.24, 2.45) is 6.98 Å². The molecule has 0 bridgehead atoms. The SMILES string of the molecule is [2H]C([2H])([2H])n1c(-n2c3ccccc3c3ccc(Oc4cccc(N5CN(c6c(-c7ccccc7)cccc6-c6ccccc6)c6ccccc65)c4)cc32)nc2ccccc21. The number of rotatable bonds is 7. The van der Waals surface area contributed by atoms with Gasteiger partial charge in [0.15, 0.2) is 0 Å². The number of fused-ring (bicyclic) bond motifs is 5. The minimum Gasteiger partial charge on any atom is -0.457 e. The molecule has 6 nitrogen and oxygen atoms in total. The van der Waals surface area contributed by atoms with Gasteiger partial charge in [0.05, 0.1) is 39.1 Å². The second-order valence-electron chi connectivity index (χ2n) is 14.3. The van der Waals surface area contributed by atoms with E-state index < -0.39 is 6.98 Å². The molecular formula is C51H37N5O. The van der Waals surface area contributed by atoms with Crippen LogP contribution >= 0.6 is 0 Å². The van der Waals surface area contributed by atoms with Crippen molar-refractivity contribution in [3.05, 3.63) is 194 Å². The maximum atomic E-state index is 8.53. The Bertz CT molecular complexity index is 3170. The predicted molar refractivity (Wildman–Crippen MR) is 234 cm³/mol. The fourth-order valence-corrected chi connectivity index (χ4v) is 8.41. The van der Waals surface area contributed by atoms with Gasteiger partial charge in [-0.2, -0.15) is 0 Å². The number of hydrogen-bond acceptors (Lipinski definition) is 4. The Kier molecular flexibility index (Phi) is 6.95. The first-order valence-electron chi connectivity index (χ1n) is 20.6. The molecule has 0 spiro atoms. The maximum absolute atomic E-state index is 8.53. The van der Waals surface area contributed by atoms with Crippen molar-refractivity contribution in [3.8, 4) is 39.7 Å².